The number of carbonyl (C=O) groups excluding carboxylic acids is 1. The number of benzene rings is 1. The van der Waals surface area contributed by atoms with Crippen LogP contribution in [0.15, 0.2) is 23.2 Å². The summed E-state index contributed by atoms with van der Waals surface area (Å²) >= 11 is 0. The SMILES string of the molecule is CC=Nc1ccc(C(F)(F)F)cc1C(C)NCC(N)=O. The van der Waals surface area contributed by atoms with Gasteiger partial charge in [0.15, 0.2) is 0 Å². The molecule has 0 aliphatic rings. The zero-order valence-electron chi connectivity index (χ0n) is 11.2. The van der Waals surface area contributed by atoms with Crippen LogP contribution in [0.3, 0.4) is 0 Å². The van der Waals surface area contributed by atoms with Gasteiger partial charge in [-0.05, 0) is 37.6 Å². The molecule has 0 heterocycles. The third kappa shape index (κ3) is 4.34. The smallest absolute Gasteiger partial charge is 0.369 e. The Bertz CT molecular complexity index is 512. The minimum atomic E-state index is -4.42. The number of hydrogen-bond donors (Lipinski definition) is 2. The van der Waals surface area contributed by atoms with Crippen molar-refractivity contribution in [1.29, 1.82) is 0 Å². The lowest BCUT2D eigenvalue weighted by molar-refractivity contribution is -0.137. The topological polar surface area (TPSA) is 67.5 Å². The summed E-state index contributed by atoms with van der Waals surface area (Å²) in [6.45, 7) is 3.20. The van der Waals surface area contributed by atoms with Crippen LogP contribution < -0.4 is 11.1 Å². The molecule has 0 fully saturated rings. The zero-order valence-corrected chi connectivity index (χ0v) is 11.2. The molecule has 3 N–H and O–H groups in total. The first-order valence-electron chi connectivity index (χ1n) is 5.97. The Hall–Kier alpha value is -1.89. The highest BCUT2D eigenvalue weighted by atomic mass is 19.4. The van der Waals surface area contributed by atoms with E-state index in [1.54, 1.807) is 13.8 Å². The Kier molecular flexibility index (Phi) is 5.26. The zero-order chi connectivity index (χ0) is 15.3. The van der Waals surface area contributed by atoms with Crippen LogP contribution >= 0.6 is 0 Å². The van der Waals surface area contributed by atoms with E-state index in [4.69, 9.17) is 5.73 Å². The minimum Gasteiger partial charge on any atom is -0.369 e. The molecule has 1 aromatic rings. The molecule has 4 nitrogen and oxygen atoms in total. The molecule has 0 aromatic heterocycles. The third-order valence-corrected chi connectivity index (χ3v) is 2.67. The first kappa shape index (κ1) is 16.2. The van der Waals surface area contributed by atoms with Crippen molar-refractivity contribution in [2.24, 2.45) is 10.7 Å². The van der Waals surface area contributed by atoms with Gasteiger partial charge in [0, 0.05) is 12.3 Å². The van der Waals surface area contributed by atoms with Gasteiger partial charge in [-0.15, -0.1) is 0 Å². The molecule has 1 atom stereocenters. The first-order valence-corrected chi connectivity index (χ1v) is 5.97. The van der Waals surface area contributed by atoms with Crippen LogP contribution in [0.2, 0.25) is 0 Å². The molecule has 1 aromatic carbocycles. The van der Waals surface area contributed by atoms with Crippen molar-refractivity contribution in [3.8, 4) is 0 Å². The lowest BCUT2D eigenvalue weighted by Crippen LogP contribution is -2.30. The Balaban J connectivity index is 3.14. The number of amides is 1. The number of halogens is 3. The van der Waals surface area contributed by atoms with E-state index < -0.39 is 23.7 Å². The molecule has 0 bridgehead atoms. The Morgan fingerprint density at radius 2 is 2.15 bits per heavy atom. The van der Waals surface area contributed by atoms with Crippen LogP contribution in [0.5, 0.6) is 0 Å². The molecule has 1 unspecified atom stereocenters. The molecule has 0 radical (unpaired) electrons. The van der Waals surface area contributed by atoms with E-state index in [0.717, 1.165) is 12.1 Å². The van der Waals surface area contributed by atoms with Gasteiger partial charge in [-0.1, -0.05) is 0 Å². The summed E-state index contributed by atoms with van der Waals surface area (Å²) in [6.07, 6.45) is -2.93. The Morgan fingerprint density at radius 3 is 2.65 bits per heavy atom. The maximum atomic E-state index is 12.7. The normalized spacial score (nSPS) is 13.7. The van der Waals surface area contributed by atoms with E-state index in [9.17, 15) is 18.0 Å². The van der Waals surface area contributed by atoms with Gasteiger partial charge in [0.05, 0.1) is 17.8 Å². The number of hydrogen-bond acceptors (Lipinski definition) is 3. The average Bonchev–Trinajstić information content (AvgIpc) is 2.35. The summed E-state index contributed by atoms with van der Waals surface area (Å²) in [5.74, 6) is -0.579. The van der Waals surface area contributed by atoms with E-state index in [1.165, 1.54) is 12.3 Å². The van der Waals surface area contributed by atoms with E-state index in [0.29, 0.717) is 11.3 Å². The number of nitrogens with two attached hydrogens (primary N) is 1. The summed E-state index contributed by atoms with van der Waals surface area (Å²) in [5, 5.41) is 2.76. The molecule has 0 saturated carbocycles. The molecular formula is C13H16F3N3O. The van der Waals surface area contributed by atoms with Crippen molar-refractivity contribution < 1.29 is 18.0 Å². The third-order valence-electron chi connectivity index (χ3n) is 2.67. The number of rotatable bonds is 5. The number of carbonyl (C=O) groups is 1. The van der Waals surface area contributed by atoms with Crippen LogP contribution in [0.4, 0.5) is 18.9 Å². The second-order valence-corrected chi connectivity index (χ2v) is 4.23. The molecule has 0 aliphatic carbocycles. The fourth-order valence-electron chi connectivity index (χ4n) is 1.70. The quantitative estimate of drug-likeness (QED) is 0.817. The molecular weight excluding hydrogens is 271 g/mol. The Morgan fingerprint density at radius 1 is 1.50 bits per heavy atom. The van der Waals surface area contributed by atoms with Gasteiger partial charge in [-0.2, -0.15) is 13.2 Å². The molecule has 20 heavy (non-hydrogen) atoms. The molecule has 1 amide bonds. The number of nitrogens with one attached hydrogen (secondary N) is 1. The van der Waals surface area contributed by atoms with Crippen molar-refractivity contribution in [2.45, 2.75) is 26.1 Å². The highest BCUT2D eigenvalue weighted by Gasteiger charge is 2.31. The van der Waals surface area contributed by atoms with Gasteiger partial charge in [0.25, 0.3) is 0 Å². The van der Waals surface area contributed by atoms with Crippen molar-refractivity contribution in [3.05, 3.63) is 29.3 Å². The molecule has 0 aliphatic heterocycles. The molecule has 0 spiro atoms. The van der Waals surface area contributed by atoms with Crippen LogP contribution in [0, 0.1) is 0 Å². The standard InChI is InChI=1S/C13H16F3N3O/c1-3-18-11-5-4-9(13(14,15)16)6-10(11)8(2)19-7-12(17)20/h3-6,8,19H,7H2,1-2H3,(H2,17,20). The van der Waals surface area contributed by atoms with E-state index >= 15 is 0 Å². The van der Waals surface area contributed by atoms with Crippen LogP contribution in [-0.2, 0) is 11.0 Å². The number of nitrogens with zero attached hydrogens (tertiary/aromatic N) is 1. The number of alkyl halides is 3. The maximum Gasteiger partial charge on any atom is 0.416 e. The molecule has 0 saturated heterocycles. The summed E-state index contributed by atoms with van der Waals surface area (Å²) < 4.78 is 38.2. The van der Waals surface area contributed by atoms with Crippen LogP contribution in [0.25, 0.3) is 0 Å². The summed E-state index contributed by atoms with van der Waals surface area (Å²) in [4.78, 5) is 14.8. The molecule has 1 rings (SSSR count). The molecule has 110 valence electrons. The van der Waals surface area contributed by atoms with Gasteiger partial charge in [-0.25, -0.2) is 0 Å². The van der Waals surface area contributed by atoms with E-state index in [1.807, 2.05) is 0 Å². The van der Waals surface area contributed by atoms with Crippen LogP contribution in [0.1, 0.15) is 31.0 Å². The largest absolute Gasteiger partial charge is 0.416 e. The second kappa shape index (κ2) is 6.51. The van der Waals surface area contributed by atoms with Crippen LogP contribution in [-0.4, -0.2) is 18.7 Å². The summed E-state index contributed by atoms with van der Waals surface area (Å²) in [7, 11) is 0. The van der Waals surface area contributed by atoms with E-state index in [-0.39, 0.29) is 6.54 Å². The van der Waals surface area contributed by atoms with Crippen molar-refractivity contribution >= 4 is 17.8 Å². The fourth-order valence-corrected chi connectivity index (χ4v) is 1.70. The maximum absolute atomic E-state index is 12.7. The molecule has 7 heteroatoms. The Labute approximate surface area is 114 Å². The summed E-state index contributed by atoms with van der Waals surface area (Å²) in [6, 6.07) is 2.83. The lowest BCUT2D eigenvalue weighted by Gasteiger charge is -2.17. The van der Waals surface area contributed by atoms with Gasteiger partial charge in [0.2, 0.25) is 5.91 Å². The number of primary amides is 1. The monoisotopic (exact) mass is 287 g/mol. The average molecular weight is 287 g/mol. The van der Waals surface area contributed by atoms with E-state index in [2.05, 4.69) is 10.3 Å². The predicted molar refractivity (Wildman–Crippen MR) is 70.9 cm³/mol. The van der Waals surface area contributed by atoms with Crippen molar-refractivity contribution in [2.75, 3.05) is 6.54 Å². The van der Waals surface area contributed by atoms with Crippen molar-refractivity contribution in [1.82, 2.24) is 5.32 Å². The van der Waals surface area contributed by atoms with Gasteiger partial charge < -0.3 is 11.1 Å². The van der Waals surface area contributed by atoms with Gasteiger partial charge >= 0.3 is 6.18 Å². The predicted octanol–water partition coefficient (Wildman–Crippen LogP) is 2.56. The summed E-state index contributed by atoms with van der Waals surface area (Å²) in [5.41, 5.74) is 5.03. The lowest BCUT2D eigenvalue weighted by atomic mass is 10.0. The fraction of sp³-hybridized carbons (Fsp3) is 0.385. The first-order chi connectivity index (χ1) is 9.25. The van der Waals surface area contributed by atoms with Crippen molar-refractivity contribution in [3.63, 3.8) is 0 Å². The highest BCUT2D eigenvalue weighted by Crippen LogP contribution is 2.34. The highest BCUT2D eigenvalue weighted by molar-refractivity contribution is 5.76. The number of aliphatic imine (C=N–C) groups is 1. The minimum absolute atomic E-state index is 0.118. The van der Waals surface area contributed by atoms with Gasteiger partial charge in [-0.3, -0.25) is 9.79 Å². The van der Waals surface area contributed by atoms with Gasteiger partial charge in [0.1, 0.15) is 0 Å². The second-order valence-electron chi connectivity index (χ2n) is 4.23.